The molecule has 0 saturated carbocycles. The predicted molar refractivity (Wildman–Crippen MR) is 189 cm³/mol. The Morgan fingerprint density at radius 1 is 0.646 bits per heavy atom. The van der Waals surface area contributed by atoms with Crippen molar-refractivity contribution in [3.63, 3.8) is 0 Å². The molecule has 2 aromatic heterocycles. The van der Waals surface area contributed by atoms with E-state index in [2.05, 4.69) is 50.2 Å². The molecule has 2 heterocycles. The minimum absolute atomic E-state index is 0. The number of halogens is 9. The van der Waals surface area contributed by atoms with Gasteiger partial charge in [0.1, 0.15) is 0 Å². The van der Waals surface area contributed by atoms with Crippen molar-refractivity contribution in [1.82, 2.24) is 19.6 Å². The Kier molecular flexibility index (Phi) is 16.1. The predicted octanol–water partition coefficient (Wildman–Crippen LogP) is 10.3. The van der Waals surface area contributed by atoms with Gasteiger partial charge < -0.3 is 5.11 Å². The number of fused-ring (bicyclic) bond motifs is 2. The molecule has 0 unspecified atom stereocenters. The molecule has 0 radical (unpaired) electrons. The molecule has 2 aliphatic carbocycles. The van der Waals surface area contributed by atoms with E-state index in [1.807, 2.05) is 36.4 Å². The van der Waals surface area contributed by atoms with E-state index in [1.165, 1.54) is 9.36 Å². The number of nitrogens with zero attached hydrogens (tertiary/aromatic N) is 4. The van der Waals surface area contributed by atoms with Gasteiger partial charge in [-0.3, -0.25) is 9.36 Å². The van der Waals surface area contributed by atoms with Crippen molar-refractivity contribution < 1.29 is 40.9 Å². The molecule has 0 saturated heterocycles. The van der Waals surface area contributed by atoms with Crippen LogP contribution < -0.4 is 0 Å². The summed E-state index contributed by atoms with van der Waals surface area (Å²) in [5.74, 6) is 0.426. The van der Waals surface area contributed by atoms with Crippen LogP contribution in [-0.4, -0.2) is 24.7 Å². The van der Waals surface area contributed by atoms with Crippen molar-refractivity contribution >= 4 is 51.6 Å². The Morgan fingerprint density at radius 2 is 0.979 bits per heavy atom. The number of hydrogen-bond donors (Lipinski definition) is 1. The van der Waals surface area contributed by atoms with Crippen molar-refractivity contribution in [3.05, 3.63) is 105 Å². The summed E-state index contributed by atoms with van der Waals surface area (Å²) in [7, 11) is 0.628. The van der Waals surface area contributed by atoms with Crippen molar-refractivity contribution in [2.45, 2.75) is 96.7 Å². The molecule has 48 heavy (non-hydrogen) atoms. The summed E-state index contributed by atoms with van der Waals surface area (Å²) < 4.78 is 81.8. The molecule has 0 spiro atoms. The second-order valence-corrected chi connectivity index (χ2v) is 23.3. The van der Waals surface area contributed by atoms with E-state index in [4.69, 9.17) is 16.7 Å². The van der Waals surface area contributed by atoms with Gasteiger partial charge in [0.15, 0.2) is 11.4 Å². The first-order valence-corrected chi connectivity index (χ1v) is 24.5. The topological polar surface area (TPSA) is 55.9 Å². The van der Waals surface area contributed by atoms with Crippen molar-refractivity contribution in [1.29, 1.82) is 0 Å². The van der Waals surface area contributed by atoms with Crippen LogP contribution in [0.3, 0.4) is 0 Å². The summed E-state index contributed by atoms with van der Waals surface area (Å²) in [6, 6.07) is 14.7. The average molecular weight is 960 g/mol. The third-order valence-electron chi connectivity index (χ3n) is 8.10. The fraction of sp³-hybridized carbons (Fsp3) is 0.455. The van der Waals surface area contributed by atoms with Gasteiger partial charge in [-0.05, 0) is 73.6 Å². The molecule has 0 bridgehead atoms. The Balaban J connectivity index is 0.000000236. The number of alkyl halides is 7. The Hall–Kier alpha value is -1.27. The van der Waals surface area contributed by atoms with Crippen LogP contribution in [0.4, 0.5) is 26.3 Å². The van der Waals surface area contributed by atoms with Gasteiger partial charge >= 0.3 is 61.8 Å². The summed E-state index contributed by atoms with van der Waals surface area (Å²) in [5, 5.41) is 16.7. The van der Waals surface area contributed by atoms with Crippen LogP contribution in [0.5, 0.6) is 0 Å². The van der Waals surface area contributed by atoms with E-state index in [0.29, 0.717) is 70.9 Å². The fourth-order valence-corrected chi connectivity index (χ4v) is 6.07. The molecule has 15 heteroatoms. The first kappa shape index (κ1) is 41.2. The maximum absolute atomic E-state index is 13.1. The molecule has 0 fully saturated rings. The second-order valence-electron chi connectivity index (χ2n) is 11.3. The number of aliphatic hydroxyl groups excluding tert-OH is 1. The molecule has 0 amide bonds. The van der Waals surface area contributed by atoms with Crippen LogP contribution in [0, 0.1) is 0 Å². The van der Waals surface area contributed by atoms with Crippen LogP contribution >= 0.6 is 51.6 Å². The molecule has 4 aromatic rings. The standard InChI is InChI=1S/C16H16ClF3N2.C16H17F3N2O.CH4.2HI.V/c17-9-11-5-7-12(8-6-11)10-22-14-4-2-1-3-13(14)15(21-22)16(18,19)20;17-16(18,19)15-13-3-1-2-4-14(13)21(20-15)9-11-5-7-12(10-22)8-6-11;;;;/h5-8H,1-4,9-10H2;5-8,22H,1-4,9-10H2;1H4;2*1H;/q;;;;;+2/p-2. The van der Waals surface area contributed by atoms with Gasteiger partial charge in [-0.1, -0.05) is 56.0 Å². The number of hydrogen-bond acceptors (Lipinski definition) is 3. The molecule has 0 aliphatic heterocycles. The minimum atomic E-state index is -4.40. The van der Waals surface area contributed by atoms with Crippen molar-refractivity contribution in [2.24, 2.45) is 0 Å². The quantitative estimate of drug-likeness (QED) is 0.119. The van der Waals surface area contributed by atoms with Crippen LogP contribution in [0.15, 0.2) is 48.5 Å². The number of rotatable bonds is 6. The molecular weight excluding hydrogens is 923 g/mol. The molecule has 2 aliphatic rings. The van der Waals surface area contributed by atoms with Gasteiger partial charge in [-0.15, -0.1) is 11.6 Å². The number of aromatic nitrogens is 4. The van der Waals surface area contributed by atoms with E-state index in [9.17, 15) is 26.3 Å². The number of aliphatic hydroxyl groups is 1. The maximum atomic E-state index is 13.1. The Bertz CT molecular complexity index is 1470. The first-order chi connectivity index (χ1) is 22.4. The van der Waals surface area contributed by atoms with Crippen LogP contribution in [0.2, 0.25) is 0 Å². The van der Waals surface area contributed by atoms with E-state index in [0.717, 1.165) is 53.6 Å². The van der Waals surface area contributed by atoms with Gasteiger partial charge in [0.05, 0.1) is 19.7 Å². The molecule has 263 valence electrons. The molecule has 5 nitrogen and oxygen atoms in total. The molecular formula is C33H37ClF6I2N4OV. The number of benzene rings is 2. The summed E-state index contributed by atoms with van der Waals surface area (Å²) in [6.07, 6.45) is -3.14. The molecule has 2 aromatic carbocycles. The first-order valence-electron chi connectivity index (χ1n) is 15.0. The van der Waals surface area contributed by atoms with Gasteiger partial charge in [0.2, 0.25) is 0 Å². The third-order valence-corrected chi connectivity index (χ3v) is 8.41. The Morgan fingerprint density at radius 3 is 1.31 bits per heavy atom. The van der Waals surface area contributed by atoms with Crippen molar-refractivity contribution in [3.8, 4) is 0 Å². The zero-order valence-electron chi connectivity index (χ0n) is 25.2. The normalized spacial score (nSPS) is 14.0. The summed E-state index contributed by atoms with van der Waals surface area (Å²) in [5.41, 5.74) is 4.34. The van der Waals surface area contributed by atoms with Gasteiger partial charge in [-0.2, -0.15) is 36.5 Å². The van der Waals surface area contributed by atoms with Crippen LogP contribution in [0.25, 0.3) is 0 Å². The van der Waals surface area contributed by atoms with E-state index >= 15 is 0 Å². The average Bonchev–Trinajstić information content (AvgIpc) is 3.62. The van der Waals surface area contributed by atoms with Gasteiger partial charge in [0, 0.05) is 28.4 Å². The van der Waals surface area contributed by atoms with E-state index < -0.39 is 23.7 Å². The van der Waals surface area contributed by atoms with Gasteiger partial charge in [0.25, 0.3) is 0 Å². The zero-order chi connectivity index (χ0) is 34.2. The van der Waals surface area contributed by atoms with E-state index in [1.54, 1.807) is 12.1 Å². The summed E-state index contributed by atoms with van der Waals surface area (Å²) >= 11 is 10.5. The molecule has 0 atom stereocenters. The third kappa shape index (κ3) is 10.9. The Labute approximate surface area is 311 Å². The second kappa shape index (κ2) is 18.8. The van der Waals surface area contributed by atoms with Crippen molar-refractivity contribution in [2.75, 3.05) is 0 Å². The van der Waals surface area contributed by atoms with Crippen LogP contribution in [0.1, 0.15) is 89.3 Å². The monoisotopic (exact) mass is 959 g/mol. The van der Waals surface area contributed by atoms with E-state index in [-0.39, 0.29) is 14.0 Å². The summed E-state index contributed by atoms with van der Waals surface area (Å²) in [4.78, 5) is 0. The molecule has 6 rings (SSSR count). The SMILES string of the molecule is C.FC(F)(F)c1nn(Cc2ccc(CCl)cc2)c2c1CCCC2.OCc1ccc(Cn2nc(C(F)(F)F)c3c2CCCC3)cc1.[I][V][I]. The molecule has 1 N–H and O–H groups in total. The van der Waals surface area contributed by atoms with Gasteiger partial charge in [-0.25, -0.2) is 0 Å². The summed E-state index contributed by atoms with van der Waals surface area (Å²) in [6.45, 7) is 0.640. The fourth-order valence-electron chi connectivity index (χ4n) is 5.89. The van der Waals surface area contributed by atoms with Crippen LogP contribution in [-0.2, 0) is 73.1 Å². The zero-order valence-corrected chi connectivity index (χ0v) is 31.7.